The zero-order chi connectivity index (χ0) is 15.5. The Morgan fingerprint density at radius 3 is 2.52 bits per heavy atom. The highest BCUT2D eigenvalue weighted by molar-refractivity contribution is 5.82. The standard InChI is InChI=1S/C14H17F3N2O2/c15-14(16,17)9-19(8-10-4-2-1-3-5-10)13(21)12-6-11(20)7-18-12/h1-5,11-12,18,20H,6-9H2. The van der Waals surface area contributed by atoms with Crippen molar-refractivity contribution in [2.24, 2.45) is 0 Å². The summed E-state index contributed by atoms with van der Waals surface area (Å²) in [5, 5.41) is 12.1. The van der Waals surface area contributed by atoms with Crippen LogP contribution < -0.4 is 5.32 Å². The van der Waals surface area contributed by atoms with E-state index in [2.05, 4.69) is 5.32 Å². The number of aliphatic hydroxyl groups is 1. The number of aliphatic hydroxyl groups excluding tert-OH is 1. The first kappa shape index (κ1) is 15.8. The third-order valence-electron chi connectivity index (χ3n) is 3.30. The van der Waals surface area contributed by atoms with Gasteiger partial charge in [-0.15, -0.1) is 0 Å². The van der Waals surface area contributed by atoms with E-state index in [-0.39, 0.29) is 19.5 Å². The number of hydrogen-bond donors (Lipinski definition) is 2. The molecule has 0 aliphatic carbocycles. The fourth-order valence-corrected chi connectivity index (χ4v) is 2.36. The zero-order valence-corrected chi connectivity index (χ0v) is 11.3. The number of nitrogens with one attached hydrogen (secondary N) is 1. The first-order chi connectivity index (χ1) is 9.85. The Bertz CT molecular complexity index is 479. The Hall–Kier alpha value is -1.60. The molecule has 1 saturated heterocycles. The predicted octanol–water partition coefficient (Wildman–Crippen LogP) is 1.30. The average Bonchev–Trinajstić information content (AvgIpc) is 2.83. The van der Waals surface area contributed by atoms with Crippen molar-refractivity contribution in [2.45, 2.75) is 31.3 Å². The number of carbonyl (C=O) groups is 1. The lowest BCUT2D eigenvalue weighted by molar-refractivity contribution is -0.163. The molecule has 7 heteroatoms. The summed E-state index contributed by atoms with van der Waals surface area (Å²) in [5.74, 6) is -0.632. The molecule has 0 radical (unpaired) electrons. The quantitative estimate of drug-likeness (QED) is 0.881. The normalized spacial score (nSPS) is 22.3. The summed E-state index contributed by atoms with van der Waals surface area (Å²) in [7, 11) is 0. The molecule has 4 nitrogen and oxygen atoms in total. The molecule has 1 aliphatic rings. The van der Waals surface area contributed by atoms with Gasteiger partial charge in [0.1, 0.15) is 6.54 Å². The number of rotatable bonds is 4. The summed E-state index contributed by atoms with van der Waals surface area (Å²) in [6.07, 6.45) is -5.01. The summed E-state index contributed by atoms with van der Waals surface area (Å²) < 4.78 is 38.0. The van der Waals surface area contributed by atoms with E-state index in [4.69, 9.17) is 0 Å². The van der Waals surface area contributed by atoms with E-state index < -0.39 is 30.8 Å². The molecule has 1 heterocycles. The predicted molar refractivity (Wildman–Crippen MR) is 70.3 cm³/mol. The minimum absolute atomic E-state index is 0.104. The maximum atomic E-state index is 12.7. The third kappa shape index (κ3) is 4.71. The van der Waals surface area contributed by atoms with Crippen LogP contribution >= 0.6 is 0 Å². The van der Waals surface area contributed by atoms with Gasteiger partial charge in [0, 0.05) is 13.1 Å². The average molecular weight is 302 g/mol. The van der Waals surface area contributed by atoms with Gasteiger partial charge in [-0.3, -0.25) is 4.79 Å². The van der Waals surface area contributed by atoms with Gasteiger partial charge in [0.25, 0.3) is 0 Å². The van der Waals surface area contributed by atoms with Crippen molar-refractivity contribution in [3.8, 4) is 0 Å². The molecule has 0 saturated carbocycles. The van der Waals surface area contributed by atoms with Crippen molar-refractivity contribution in [2.75, 3.05) is 13.1 Å². The van der Waals surface area contributed by atoms with Crippen LogP contribution in [0.1, 0.15) is 12.0 Å². The summed E-state index contributed by atoms with van der Waals surface area (Å²) >= 11 is 0. The first-order valence-electron chi connectivity index (χ1n) is 6.66. The van der Waals surface area contributed by atoms with Crippen LogP contribution in [0.5, 0.6) is 0 Å². The molecule has 2 unspecified atom stereocenters. The zero-order valence-electron chi connectivity index (χ0n) is 11.3. The second-order valence-corrected chi connectivity index (χ2v) is 5.15. The number of halogens is 3. The molecule has 1 aliphatic heterocycles. The number of carbonyl (C=O) groups excluding carboxylic acids is 1. The molecule has 21 heavy (non-hydrogen) atoms. The molecule has 0 spiro atoms. The van der Waals surface area contributed by atoms with E-state index in [1.165, 1.54) is 0 Å². The number of alkyl halides is 3. The number of amides is 1. The topological polar surface area (TPSA) is 52.6 Å². The molecule has 2 rings (SSSR count). The van der Waals surface area contributed by atoms with Crippen molar-refractivity contribution in [1.82, 2.24) is 10.2 Å². The van der Waals surface area contributed by atoms with E-state index in [9.17, 15) is 23.1 Å². The van der Waals surface area contributed by atoms with Crippen LogP contribution in [-0.4, -0.2) is 47.3 Å². The van der Waals surface area contributed by atoms with E-state index in [0.717, 1.165) is 4.90 Å². The van der Waals surface area contributed by atoms with Gasteiger partial charge in [-0.1, -0.05) is 30.3 Å². The lowest BCUT2D eigenvalue weighted by Crippen LogP contribution is -2.46. The van der Waals surface area contributed by atoms with Crippen LogP contribution in [0.3, 0.4) is 0 Å². The minimum atomic E-state index is -4.46. The van der Waals surface area contributed by atoms with Gasteiger partial charge in [-0.05, 0) is 12.0 Å². The Morgan fingerprint density at radius 2 is 2.00 bits per heavy atom. The highest BCUT2D eigenvalue weighted by Crippen LogP contribution is 2.20. The molecular formula is C14H17F3N2O2. The Kier molecular flexibility index (Phi) is 4.84. The van der Waals surface area contributed by atoms with Crippen LogP contribution in [0, 0.1) is 0 Å². The smallest absolute Gasteiger partial charge is 0.392 e. The van der Waals surface area contributed by atoms with Gasteiger partial charge in [-0.2, -0.15) is 13.2 Å². The molecule has 0 aromatic heterocycles. The second-order valence-electron chi connectivity index (χ2n) is 5.15. The molecule has 0 bridgehead atoms. The minimum Gasteiger partial charge on any atom is -0.392 e. The van der Waals surface area contributed by atoms with Gasteiger partial charge in [0.05, 0.1) is 12.1 Å². The summed E-state index contributed by atoms with van der Waals surface area (Å²) in [6.45, 7) is -1.18. The van der Waals surface area contributed by atoms with Gasteiger partial charge in [0.15, 0.2) is 0 Å². The summed E-state index contributed by atoms with van der Waals surface area (Å²) in [6, 6.07) is 7.77. The largest absolute Gasteiger partial charge is 0.406 e. The Balaban J connectivity index is 2.10. The van der Waals surface area contributed by atoms with Crippen LogP contribution in [0.25, 0.3) is 0 Å². The molecule has 2 N–H and O–H groups in total. The highest BCUT2D eigenvalue weighted by Gasteiger charge is 2.37. The van der Waals surface area contributed by atoms with E-state index in [1.54, 1.807) is 30.3 Å². The number of benzene rings is 1. The summed E-state index contributed by atoms with van der Waals surface area (Å²) in [4.78, 5) is 13.0. The van der Waals surface area contributed by atoms with Gasteiger partial charge >= 0.3 is 6.18 Å². The van der Waals surface area contributed by atoms with Crippen LogP contribution in [-0.2, 0) is 11.3 Å². The number of hydrogen-bond acceptors (Lipinski definition) is 3. The van der Waals surface area contributed by atoms with Crippen molar-refractivity contribution >= 4 is 5.91 Å². The van der Waals surface area contributed by atoms with E-state index in [0.29, 0.717) is 5.56 Å². The van der Waals surface area contributed by atoms with Crippen molar-refractivity contribution in [1.29, 1.82) is 0 Å². The summed E-state index contributed by atoms with van der Waals surface area (Å²) in [5.41, 5.74) is 0.633. The monoisotopic (exact) mass is 302 g/mol. The molecular weight excluding hydrogens is 285 g/mol. The van der Waals surface area contributed by atoms with Gasteiger partial charge in [0.2, 0.25) is 5.91 Å². The van der Waals surface area contributed by atoms with Crippen LogP contribution in [0.2, 0.25) is 0 Å². The molecule has 1 aromatic rings. The highest BCUT2D eigenvalue weighted by atomic mass is 19.4. The van der Waals surface area contributed by atoms with E-state index in [1.807, 2.05) is 0 Å². The fraction of sp³-hybridized carbons (Fsp3) is 0.500. The van der Waals surface area contributed by atoms with Crippen LogP contribution in [0.15, 0.2) is 30.3 Å². The van der Waals surface area contributed by atoms with Gasteiger partial charge < -0.3 is 15.3 Å². The van der Waals surface area contributed by atoms with E-state index >= 15 is 0 Å². The third-order valence-corrected chi connectivity index (χ3v) is 3.30. The van der Waals surface area contributed by atoms with Crippen molar-refractivity contribution < 1.29 is 23.1 Å². The maximum Gasteiger partial charge on any atom is 0.406 e. The Morgan fingerprint density at radius 1 is 1.33 bits per heavy atom. The van der Waals surface area contributed by atoms with Crippen molar-refractivity contribution in [3.63, 3.8) is 0 Å². The van der Waals surface area contributed by atoms with Crippen LogP contribution in [0.4, 0.5) is 13.2 Å². The molecule has 116 valence electrons. The molecule has 2 atom stereocenters. The molecule has 1 fully saturated rings. The molecule has 1 amide bonds. The number of β-amino-alcohol motifs (C(OH)–C–C–N with tert-alkyl or cyclic N) is 1. The number of nitrogens with zero attached hydrogens (tertiary/aromatic N) is 1. The lowest BCUT2D eigenvalue weighted by Gasteiger charge is -2.26. The maximum absolute atomic E-state index is 12.7. The molecule has 1 aromatic carbocycles. The second kappa shape index (κ2) is 6.44. The fourth-order valence-electron chi connectivity index (χ4n) is 2.36. The van der Waals surface area contributed by atoms with Crippen molar-refractivity contribution in [3.05, 3.63) is 35.9 Å². The SMILES string of the molecule is O=C(C1CC(O)CN1)N(Cc1ccccc1)CC(F)(F)F. The first-order valence-corrected chi connectivity index (χ1v) is 6.66. The Labute approximate surface area is 120 Å². The van der Waals surface area contributed by atoms with Gasteiger partial charge in [-0.25, -0.2) is 0 Å². The lowest BCUT2D eigenvalue weighted by atomic mass is 10.1.